The third kappa shape index (κ3) is 2.75. The molecule has 1 fully saturated rings. The molecule has 0 atom stereocenters. The van der Waals surface area contributed by atoms with Crippen molar-refractivity contribution in [1.82, 2.24) is 5.32 Å². The highest BCUT2D eigenvalue weighted by molar-refractivity contribution is 5.70. The number of allylic oxidation sites excluding steroid dienone is 1. The smallest absolute Gasteiger partial charge is 0.0370 e. The molecule has 18 heavy (non-hydrogen) atoms. The molecule has 0 aromatic heterocycles. The molecule has 0 amide bonds. The first kappa shape index (κ1) is 13.2. The quantitative estimate of drug-likeness (QED) is 0.879. The number of aryl methyl sites for hydroxylation is 1. The normalized spacial score (nSPS) is 16.1. The molecule has 2 rings (SSSR count). The molecule has 1 N–H and O–H groups in total. The van der Waals surface area contributed by atoms with Crippen molar-refractivity contribution in [3.8, 4) is 0 Å². The summed E-state index contributed by atoms with van der Waals surface area (Å²) < 4.78 is 0. The minimum Gasteiger partial charge on any atom is -0.369 e. The van der Waals surface area contributed by atoms with E-state index in [0.29, 0.717) is 5.92 Å². The molecule has 0 radical (unpaired) electrons. The summed E-state index contributed by atoms with van der Waals surface area (Å²) in [7, 11) is 0. The van der Waals surface area contributed by atoms with Gasteiger partial charge in [0.15, 0.2) is 0 Å². The number of hydrogen-bond acceptors (Lipinski definition) is 2. The predicted molar refractivity (Wildman–Crippen MR) is 80.1 cm³/mol. The lowest BCUT2D eigenvalue weighted by atomic mass is 9.93. The Morgan fingerprint density at radius 3 is 2.50 bits per heavy atom. The van der Waals surface area contributed by atoms with E-state index in [1.54, 1.807) is 0 Å². The van der Waals surface area contributed by atoms with Crippen LogP contribution in [0.15, 0.2) is 24.8 Å². The summed E-state index contributed by atoms with van der Waals surface area (Å²) in [6.07, 6.45) is 0. The fraction of sp³-hybridized carbons (Fsp3) is 0.500. The molecule has 1 heterocycles. The summed E-state index contributed by atoms with van der Waals surface area (Å²) in [6, 6.07) is 6.77. The van der Waals surface area contributed by atoms with Gasteiger partial charge >= 0.3 is 0 Å². The van der Waals surface area contributed by atoms with Crippen LogP contribution in [0.2, 0.25) is 0 Å². The van der Waals surface area contributed by atoms with Gasteiger partial charge in [-0.3, -0.25) is 0 Å². The molecule has 1 aliphatic rings. The number of piperazine rings is 1. The molecular weight excluding hydrogens is 220 g/mol. The maximum Gasteiger partial charge on any atom is 0.0370 e. The van der Waals surface area contributed by atoms with Crippen molar-refractivity contribution >= 4 is 11.3 Å². The SMILES string of the molecule is C=C(c1ccc(N2CCNCC2)cc1C)C(C)C. The van der Waals surface area contributed by atoms with Crippen LogP contribution in [0.3, 0.4) is 0 Å². The molecule has 0 saturated carbocycles. The standard InChI is InChI=1S/C16H24N2/c1-12(2)14(4)16-6-5-15(11-13(16)3)18-9-7-17-8-10-18/h5-6,11-12,17H,4,7-10H2,1-3H3. The number of rotatable bonds is 3. The van der Waals surface area contributed by atoms with Gasteiger partial charge in [-0.25, -0.2) is 0 Å². The van der Waals surface area contributed by atoms with Crippen LogP contribution in [0.4, 0.5) is 5.69 Å². The van der Waals surface area contributed by atoms with Crippen LogP contribution in [-0.2, 0) is 0 Å². The highest BCUT2D eigenvalue weighted by atomic mass is 15.2. The zero-order chi connectivity index (χ0) is 13.1. The van der Waals surface area contributed by atoms with E-state index in [1.165, 1.54) is 22.4 Å². The zero-order valence-electron chi connectivity index (χ0n) is 11.8. The van der Waals surface area contributed by atoms with Crippen LogP contribution in [-0.4, -0.2) is 26.2 Å². The predicted octanol–water partition coefficient (Wildman–Crippen LogP) is 3.07. The minimum absolute atomic E-state index is 0.508. The third-order valence-electron chi connectivity index (χ3n) is 3.74. The second kappa shape index (κ2) is 5.57. The fourth-order valence-electron chi connectivity index (χ4n) is 2.44. The number of nitrogens with one attached hydrogen (secondary N) is 1. The van der Waals surface area contributed by atoms with Crippen LogP contribution in [0, 0.1) is 12.8 Å². The monoisotopic (exact) mass is 244 g/mol. The Bertz CT molecular complexity index is 429. The zero-order valence-corrected chi connectivity index (χ0v) is 11.8. The van der Waals surface area contributed by atoms with Crippen molar-refractivity contribution in [2.24, 2.45) is 5.92 Å². The summed E-state index contributed by atoms with van der Waals surface area (Å²) in [6.45, 7) is 15.2. The van der Waals surface area contributed by atoms with E-state index in [2.05, 4.69) is 55.8 Å². The molecule has 0 bridgehead atoms. The molecule has 0 aliphatic carbocycles. The highest BCUT2D eigenvalue weighted by Crippen LogP contribution is 2.27. The van der Waals surface area contributed by atoms with E-state index in [9.17, 15) is 0 Å². The van der Waals surface area contributed by atoms with Crippen LogP contribution in [0.1, 0.15) is 25.0 Å². The molecule has 1 aromatic carbocycles. The second-order valence-corrected chi connectivity index (χ2v) is 5.42. The minimum atomic E-state index is 0.508. The summed E-state index contributed by atoms with van der Waals surface area (Å²) in [5, 5.41) is 3.39. The molecule has 1 aliphatic heterocycles. The van der Waals surface area contributed by atoms with Gasteiger partial charge in [0.05, 0.1) is 0 Å². The average Bonchev–Trinajstić information content (AvgIpc) is 2.38. The van der Waals surface area contributed by atoms with Crippen molar-refractivity contribution < 1.29 is 0 Å². The molecule has 0 unspecified atom stereocenters. The van der Waals surface area contributed by atoms with Gasteiger partial charge in [-0.05, 0) is 41.7 Å². The third-order valence-corrected chi connectivity index (χ3v) is 3.74. The molecule has 98 valence electrons. The maximum absolute atomic E-state index is 4.20. The summed E-state index contributed by atoms with van der Waals surface area (Å²) >= 11 is 0. The van der Waals surface area contributed by atoms with E-state index >= 15 is 0 Å². The van der Waals surface area contributed by atoms with Crippen molar-refractivity contribution in [2.45, 2.75) is 20.8 Å². The van der Waals surface area contributed by atoms with Crippen molar-refractivity contribution in [3.05, 3.63) is 35.9 Å². The second-order valence-electron chi connectivity index (χ2n) is 5.42. The highest BCUT2D eigenvalue weighted by Gasteiger charge is 2.12. The number of anilines is 1. The largest absolute Gasteiger partial charge is 0.369 e. The van der Waals surface area contributed by atoms with Crippen molar-refractivity contribution in [3.63, 3.8) is 0 Å². The topological polar surface area (TPSA) is 15.3 Å². The first-order chi connectivity index (χ1) is 8.59. The summed E-state index contributed by atoms with van der Waals surface area (Å²) in [4.78, 5) is 2.45. The van der Waals surface area contributed by atoms with Gasteiger partial charge in [0, 0.05) is 31.9 Å². The van der Waals surface area contributed by atoms with Gasteiger partial charge in [-0.2, -0.15) is 0 Å². The molecule has 0 spiro atoms. The van der Waals surface area contributed by atoms with Crippen LogP contribution in [0.5, 0.6) is 0 Å². The van der Waals surface area contributed by atoms with Crippen molar-refractivity contribution in [2.75, 3.05) is 31.1 Å². The van der Waals surface area contributed by atoms with Crippen LogP contribution in [0.25, 0.3) is 5.57 Å². The first-order valence-electron chi connectivity index (χ1n) is 6.85. The Balaban J connectivity index is 2.21. The first-order valence-corrected chi connectivity index (χ1v) is 6.85. The van der Waals surface area contributed by atoms with Crippen LogP contribution < -0.4 is 10.2 Å². The van der Waals surface area contributed by atoms with E-state index in [1.807, 2.05) is 0 Å². The lowest BCUT2D eigenvalue weighted by Crippen LogP contribution is -2.43. The van der Waals surface area contributed by atoms with E-state index in [-0.39, 0.29) is 0 Å². The molecule has 1 saturated heterocycles. The van der Waals surface area contributed by atoms with E-state index in [0.717, 1.165) is 26.2 Å². The molecule has 1 aromatic rings. The molecular formula is C16H24N2. The van der Waals surface area contributed by atoms with Gasteiger partial charge in [0.2, 0.25) is 0 Å². The lowest BCUT2D eigenvalue weighted by Gasteiger charge is -2.30. The molecule has 2 nitrogen and oxygen atoms in total. The van der Waals surface area contributed by atoms with Gasteiger partial charge in [-0.1, -0.05) is 26.5 Å². The Hall–Kier alpha value is -1.28. The van der Waals surface area contributed by atoms with Crippen molar-refractivity contribution in [1.29, 1.82) is 0 Å². The average molecular weight is 244 g/mol. The summed E-state index contributed by atoms with van der Waals surface area (Å²) in [5.74, 6) is 0.508. The number of benzene rings is 1. The lowest BCUT2D eigenvalue weighted by molar-refractivity contribution is 0.589. The van der Waals surface area contributed by atoms with E-state index in [4.69, 9.17) is 0 Å². The van der Waals surface area contributed by atoms with Gasteiger partial charge in [0.1, 0.15) is 0 Å². The van der Waals surface area contributed by atoms with Gasteiger partial charge < -0.3 is 10.2 Å². The Morgan fingerprint density at radius 1 is 1.28 bits per heavy atom. The number of hydrogen-bond donors (Lipinski definition) is 1. The fourth-order valence-corrected chi connectivity index (χ4v) is 2.44. The number of nitrogens with zero attached hydrogens (tertiary/aromatic N) is 1. The Labute approximate surface area is 111 Å². The summed E-state index contributed by atoms with van der Waals surface area (Å²) in [5.41, 5.74) is 5.22. The van der Waals surface area contributed by atoms with Gasteiger partial charge in [0.25, 0.3) is 0 Å². The molecule has 2 heteroatoms. The van der Waals surface area contributed by atoms with E-state index < -0.39 is 0 Å². The maximum atomic E-state index is 4.20. The van der Waals surface area contributed by atoms with Crippen LogP contribution >= 0.6 is 0 Å². The van der Waals surface area contributed by atoms with Gasteiger partial charge in [-0.15, -0.1) is 0 Å². The Kier molecular flexibility index (Phi) is 4.07. The Morgan fingerprint density at radius 2 is 1.94 bits per heavy atom.